The van der Waals surface area contributed by atoms with E-state index in [1.165, 1.54) is 0 Å². The van der Waals surface area contributed by atoms with Crippen LogP contribution < -0.4 is 4.74 Å². The van der Waals surface area contributed by atoms with Crippen LogP contribution in [0.25, 0.3) is 10.9 Å². The van der Waals surface area contributed by atoms with Gasteiger partial charge in [0, 0.05) is 23.2 Å². The highest BCUT2D eigenvalue weighted by Crippen LogP contribution is 2.31. The van der Waals surface area contributed by atoms with E-state index in [0.717, 1.165) is 22.2 Å². The average molecular weight is 279 g/mol. The second-order valence-electron chi connectivity index (χ2n) is 5.08. The van der Waals surface area contributed by atoms with E-state index < -0.39 is 0 Å². The van der Waals surface area contributed by atoms with E-state index in [1.807, 2.05) is 55.5 Å². The number of hydrogen-bond donors (Lipinski definition) is 1. The fourth-order valence-corrected chi connectivity index (χ4v) is 2.64. The molecule has 0 fully saturated rings. The number of aromatic amines is 1. The van der Waals surface area contributed by atoms with Gasteiger partial charge in [-0.25, -0.2) is 0 Å². The van der Waals surface area contributed by atoms with Gasteiger partial charge in [0.05, 0.1) is 12.5 Å². The van der Waals surface area contributed by atoms with Crippen LogP contribution in [-0.2, 0) is 0 Å². The summed E-state index contributed by atoms with van der Waals surface area (Å²) in [6.45, 7) is 1.94. The van der Waals surface area contributed by atoms with Crippen LogP contribution in [0.1, 0.15) is 28.8 Å². The standard InChI is InChI=1S/C18H17NO2/c1-12(13-7-4-3-5-8-13)18(20)14-11-19-15-9-6-10-16(21-2)17(14)15/h3-12,19H,1-2H3. The first kappa shape index (κ1) is 13.4. The zero-order chi connectivity index (χ0) is 14.8. The van der Waals surface area contributed by atoms with Crippen molar-refractivity contribution in [1.82, 2.24) is 4.98 Å². The van der Waals surface area contributed by atoms with Gasteiger partial charge < -0.3 is 9.72 Å². The Hall–Kier alpha value is -2.55. The first-order valence-corrected chi connectivity index (χ1v) is 6.95. The summed E-state index contributed by atoms with van der Waals surface area (Å²) in [5.74, 6) is 0.629. The number of H-pyrrole nitrogens is 1. The molecule has 0 aliphatic rings. The SMILES string of the molecule is COc1cccc2[nH]cc(C(=O)C(C)c3ccccc3)c12. The highest BCUT2D eigenvalue weighted by molar-refractivity contribution is 6.12. The predicted octanol–water partition coefficient (Wildman–Crippen LogP) is 4.16. The van der Waals surface area contributed by atoms with Gasteiger partial charge in [0.15, 0.2) is 5.78 Å². The lowest BCUT2D eigenvalue weighted by Crippen LogP contribution is -2.09. The molecule has 0 radical (unpaired) electrons. The van der Waals surface area contributed by atoms with Crippen molar-refractivity contribution in [1.29, 1.82) is 0 Å². The van der Waals surface area contributed by atoms with Crippen LogP contribution in [0.15, 0.2) is 54.7 Å². The maximum Gasteiger partial charge on any atom is 0.172 e. The first-order chi connectivity index (χ1) is 10.2. The van der Waals surface area contributed by atoms with Gasteiger partial charge in [-0.05, 0) is 17.7 Å². The Morgan fingerprint density at radius 1 is 1.10 bits per heavy atom. The lowest BCUT2D eigenvalue weighted by Gasteiger charge is -2.11. The summed E-state index contributed by atoms with van der Waals surface area (Å²) in [6, 6.07) is 15.6. The molecule has 106 valence electrons. The van der Waals surface area contributed by atoms with Gasteiger partial charge >= 0.3 is 0 Å². The molecule has 21 heavy (non-hydrogen) atoms. The van der Waals surface area contributed by atoms with Crippen LogP contribution >= 0.6 is 0 Å². The number of nitrogens with one attached hydrogen (secondary N) is 1. The smallest absolute Gasteiger partial charge is 0.172 e. The summed E-state index contributed by atoms with van der Waals surface area (Å²) in [5.41, 5.74) is 2.61. The third-order valence-electron chi connectivity index (χ3n) is 3.85. The highest BCUT2D eigenvalue weighted by atomic mass is 16.5. The molecule has 1 heterocycles. The van der Waals surface area contributed by atoms with Gasteiger partial charge in [-0.3, -0.25) is 4.79 Å². The van der Waals surface area contributed by atoms with Crippen molar-refractivity contribution in [2.24, 2.45) is 0 Å². The Morgan fingerprint density at radius 2 is 1.86 bits per heavy atom. The lowest BCUT2D eigenvalue weighted by molar-refractivity contribution is 0.0967. The normalized spacial score (nSPS) is 12.3. The fraction of sp³-hybridized carbons (Fsp3) is 0.167. The molecular formula is C18H17NO2. The zero-order valence-corrected chi connectivity index (χ0v) is 12.1. The molecule has 0 aliphatic carbocycles. The summed E-state index contributed by atoms with van der Waals surface area (Å²) in [6.07, 6.45) is 1.77. The molecule has 3 aromatic rings. The summed E-state index contributed by atoms with van der Waals surface area (Å²) in [5, 5.41) is 0.854. The van der Waals surface area contributed by atoms with Crippen molar-refractivity contribution in [3.05, 3.63) is 65.9 Å². The minimum atomic E-state index is -0.185. The summed E-state index contributed by atoms with van der Waals surface area (Å²) in [4.78, 5) is 16.0. The van der Waals surface area contributed by atoms with Crippen LogP contribution in [0.5, 0.6) is 5.75 Å². The van der Waals surface area contributed by atoms with E-state index in [2.05, 4.69) is 4.98 Å². The average Bonchev–Trinajstić information content (AvgIpc) is 2.98. The minimum Gasteiger partial charge on any atom is -0.496 e. The maximum absolute atomic E-state index is 12.8. The number of aromatic nitrogens is 1. The number of carbonyl (C=O) groups is 1. The Kier molecular flexibility index (Phi) is 3.48. The number of ketones is 1. The molecule has 1 unspecified atom stereocenters. The molecule has 0 amide bonds. The molecule has 3 nitrogen and oxygen atoms in total. The van der Waals surface area contributed by atoms with Crippen molar-refractivity contribution in [2.75, 3.05) is 7.11 Å². The van der Waals surface area contributed by atoms with Crippen LogP contribution in [0.4, 0.5) is 0 Å². The second kappa shape index (κ2) is 5.44. The predicted molar refractivity (Wildman–Crippen MR) is 84.0 cm³/mol. The Balaban J connectivity index is 2.06. The van der Waals surface area contributed by atoms with Gasteiger partial charge in [-0.2, -0.15) is 0 Å². The Morgan fingerprint density at radius 3 is 2.57 bits per heavy atom. The molecule has 3 rings (SSSR count). The molecule has 0 bridgehead atoms. The molecule has 0 aliphatic heterocycles. The van der Waals surface area contributed by atoms with Gasteiger partial charge in [-0.1, -0.05) is 43.3 Å². The van der Waals surface area contributed by atoms with E-state index >= 15 is 0 Å². The summed E-state index contributed by atoms with van der Waals surface area (Å²) in [7, 11) is 1.62. The van der Waals surface area contributed by atoms with Crippen molar-refractivity contribution >= 4 is 16.7 Å². The van der Waals surface area contributed by atoms with Gasteiger partial charge in [0.25, 0.3) is 0 Å². The number of Topliss-reactive ketones (excluding diaryl/α,β-unsaturated/α-hetero) is 1. The molecule has 3 heteroatoms. The summed E-state index contributed by atoms with van der Waals surface area (Å²) < 4.78 is 5.39. The topological polar surface area (TPSA) is 42.1 Å². The largest absolute Gasteiger partial charge is 0.496 e. The van der Waals surface area contributed by atoms with E-state index in [-0.39, 0.29) is 11.7 Å². The van der Waals surface area contributed by atoms with Crippen LogP contribution in [0, 0.1) is 0 Å². The molecule has 1 N–H and O–H groups in total. The summed E-state index contributed by atoms with van der Waals surface area (Å²) >= 11 is 0. The number of carbonyl (C=O) groups excluding carboxylic acids is 1. The highest BCUT2D eigenvalue weighted by Gasteiger charge is 2.21. The van der Waals surface area contributed by atoms with Gasteiger partial charge in [0.2, 0.25) is 0 Å². The quantitative estimate of drug-likeness (QED) is 0.728. The number of fused-ring (bicyclic) bond motifs is 1. The molecule has 0 saturated heterocycles. The van der Waals surface area contributed by atoms with Crippen LogP contribution in [0.3, 0.4) is 0 Å². The number of benzene rings is 2. The van der Waals surface area contributed by atoms with Crippen molar-refractivity contribution in [2.45, 2.75) is 12.8 Å². The van der Waals surface area contributed by atoms with Crippen molar-refractivity contribution < 1.29 is 9.53 Å². The molecule has 0 saturated carbocycles. The Labute approximate surface area is 123 Å². The van der Waals surface area contributed by atoms with E-state index in [4.69, 9.17) is 4.74 Å². The molecule has 1 aromatic heterocycles. The van der Waals surface area contributed by atoms with Gasteiger partial charge in [-0.15, -0.1) is 0 Å². The number of methoxy groups -OCH3 is 1. The number of hydrogen-bond acceptors (Lipinski definition) is 2. The van der Waals surface area contributed by atoms with Crippen LogP contribution in [0.2, 0.25) is 0 Å². The molecule has 1 atom stereocenters. The number of rotatable bonds is 4. The second-order valence-corrected chi connectivity index (χ2v) is 5.08. The van der Waals surface area contributed by atoms with Crippen molar-refractivity contribution in [3.8, 4) is 5.75 Å². The minimum absolute atomic E-state index is 0.0944. The first-order valence-electron chi connectivity index (χ1n) is 6.95. The number of ether oxygens (including phenoxy) is 1. The molecular weight excluding hydrogens is 262 g/mol. The zero-order valence-electron chi connectivity index (χ0n) is 12.1. The van der Waals surface area contributed by atoms with Crippen LogP contribution in [-0.4, -0.2) is 17.9 Å². The monoisotopic (exact) mass is 279 g/mol. The Bertz CT molecular complexity index is 774. The fourth-order valence-electron chi connectivity index (χ4n) is 2.64. The lowest BCUT2D eigenvalue weighted by atomic mass is 9.92. The molecule has 0 spiro atoms. The maximum atomic E-state index is 12.8. The van der Waals surface area contributed by atoms with E-state index in [1.54, 1.807) is 13.3 Å². The third-order valence-corrected chi connectivity index (χ3v) is 3.85. The molecule has 2 aromatic carbocycles. The van der Waals surface area contributed by atoms with E-state index in [0.29, 0.717) is 5.56 Å². The third kappa shape index (κ3) is 2.31. The van der Waals surface area contributed by atoms with E-state index in [9.17, 15) is 4.79 Å². The van der Waals surface area contributed by atoms with Gasteiger partial charge in [0.1, 0.15) is 5.75 Å². The van der Waals surface area contributed by atoms with Crippen molar-refractivity contribution in [3.63, 3.8) is 0 Å².